The molecule has 8 heteroatoms. The number of hydrogen-bond acceptors (Lipinski definition) is 5. The Kier molecular flexibility index (Phi) is 8.03. The van der Waals surface area contributed by atoms with Gasteiger partial charge in [-0.05, 0) is 37.5 Å². The molecule has 0 radical (unpaired) electrons. The van der Waals surface area contributed by atoms with Gasteiger partial charge in [-0.15, -0.1) is 0 Å². The molecule has 1 aliphatic rings. The van der Waals surface area contributed by atoms with Gasteiger partial charge in [-0.2, -0.15) is 0 Å². The van der Waals surface area contributed by atoms with E-state index in [0.29, 0.717) is 42.8 Å². The highest BCUT2D eigenvalue weighted by Crippen LogP contribution is 2.38. The second-order valence-electron chi connectivity index (χ2n) is 6.22. The first-order valence-corrected chi connectivity index (χ1v) is 9.21. The van der Waals surface area contributed by atoms with Crippen molar-refractivity contribution in [1.29, 1.82) is 0 Å². The third-order valence-corrected chi connectivity index (χ3v) is 4.15. The third-order valence-electron chi connectivity index (χ3n) is 4.15. The molecule has 1 aliphatic carbocycles. The van der Waals surface area contributed by atoms with Crippen LogP contribution in [-0.2, 0) is 11.3 Å². The summed E-state index contributed by atoms with van der Waals surface area (Å²) in [6.45, 7) is 4.38. The number of guanidine groups is 1. The van der Waals surface area contributed by atoms with E-state index in [-0.39, 0.29) is 11.8 Å². The molecule has 1 aromatic carbocycles. The van der Waals surface area contributed by atoms with E-state index in [2.05, 4.69) is 20.9 Å². The van der Waals surface area contributed by atoms with E-state index < -0.39 is 0 Å². The fourth-order valence-electron chi connectivity index (χ4n) is 2.60. The minimum absolute atomic E-state index is 0.149. The fraction of sp³-hybridized carbons (Fsp3) is 0.579. The van der Waals surface area contributed by atoms with E-state index in [4.69, 9.17) is 14.2 Å². The van der Waals surface area contributed by atoms with Crippen molar-refractivity contribution in [3.8, 4) is 17.2 Å². The highest BCUT2D eigenvalue weighted by Gasteiger charge is 2.28. The molecule has 1 aromatic rings. The molecule has 0 unspecified atom stereocenters. The monoisotopic (exact) mass is 378 g/mol. The maximum atomic E-state index is 11.6. The van der Waals surface area contributed by atoms with Crippen LogP contribution >= 0.6 is 0 Å². The largest absolute Gasteiger partial charge is 0.493 e. The number of methoxy groups -OCH3 is 3. The van der Waals surface area contributed by atoms with Crippen LogP contribution in [0, 0.1) is 5.92 Å². The zero-order valence-corrected chi connectivity index (χ0v) is 16.6. The lowest BCUT2D eigenvalue weighted by Gasteiger charge is -2.14. The number of nitrogens with zero attached hydrogens (tertiary/aromatic N) is 1. The molecule has 2 rings (SSSR count). The van der Waals surface area contributed by atoms with E-state index in [1.165, 1.54) is 0 Å². The van der Waals surface area contributed by atoms with Crippen molar-refractivity contribution in [3.05, 3.63) is 17.7 Å². The van der Waals surface area contributed by atoms with E-state index in [0.717, 1.165) is 24.9 Å². The molecule has 0 atom stereocenters. The van der Waals surface area contributed by atoms with Gasteiger partial charge < -0.3 is 30.2 Å². The number of ether oxygens (including phenoxy) is 3. The number of hydrogen-bond donors (Lipinski definition) is 3. The second kappa shape index (κ2) is 10.5. The van der Waals surface area contributed by atoms with Crippen LogP contribution in [-0.4, -0.2) is 52.8 Å². The van der Waals surface area contributed by atoms with Crippen LogP contribution in [0.25, 0.3) is 0 Å². The van der Waals surface area contributed by atoms with Crippen molar-refractivity contribution in [1.82, 2.24) is 16.0 Å². The second-order valence-corrected chi connectivity index (χ2v) is 6.22. The van der Waals surface area contributed by atoms with Gasteiger partial charge in [0.05, 0.1) is 27.9 Å². The average molecular weight is 378 g/mol. The first kappa shape index (κ1) is 20.7. The number of amides is 1. The molecule has 0 bridgehead atoms. The summed E-state index contributed by atoms with van der Waals surface area (Å²) in [6, 6.07) is 3.76. The zero-order chi connectivity index (χ0) is 19.6. The molecule has 8 nitrogen and oxygen atoms in total. The van der Waals surface area contributed by atoms with Crippen LogP contribution in [0.3, 0.4) is 0 Å². The SMILES string of the molecule is CCNC(=NCc1cc(OC)c(OC)c(OC)c1)NCCNC(=O)C1CC1. The first-order chi connectivity index (χ1) is 13.1. The molecule has 150 valence electrons. The summed E-state index contributed by atoms with van der Waals surface area (Å²) >= 11 is 0. The molecule has 1 amide bonds. The van der Waals surface area contributed by atoms with Crippen LogP contribution in [0.4, 0.5) is 0 Å². The van der Waals surface area contributed by atoms with Crippen LogP contribution < -0.4 is 30.2 Å². The summed E-state index contributed by atoms with van der Waals surface area (Å²) in [6.07, 6.45) is 2.02. The summed E-state index contributed by atoms with van der Waals surface area (Å²) in [4.78, 5) is 16.2. The lowest BCUT2D eigenvalue weighted by atomic mass is 10.2. The number of benzene rings is 1. The van der Waals surface area contributed by atoms with Gasteiger partial charge in [0.25, 0.3) is 0 Å². The van der Waals surface area contributed by atoms with Gasteiger partial charge in [0, 0.05) is 25.6 Å². The smallest absolute Gasteiger partial charge is 0.223 e. The molecule has 0 heterocycles. The Morgan fingerprint density at radius 1 is 1.04 bits per heavy atom. The molecule has 3 N–H and O–H groups in total. The first-order valence-electron chi connectivity index (χ1n) is 9.21. The summed E-state index contributed by atoms with van der Waals surface area (Å²) in [7, 11) is 4.76. The van der Waals surface area contributed by atoms with Gasteiger partial charge in [-0.25, -0.2) is 4.99 Å². The Hall–Kier alpha value is -2.64. The fourth-order valence-corrected chi connectivity index (χ4v) is 2.60. The van der Waals surface area contributed by atoms with Gasteiger partial charge in [-0.1, -0.05) is 0 Å². The minimum Gasteiger partial charge on any atom is -0.493 e. The van der Waals surface area contributed by atoms with Crippen molar-refractivity contribution in [2.24, 2.45) is 10.9 Å². The van der Waals surface area contributed by atoms with Gasteiger partial charge in [0.2, 0.25) is 11.7 Å². The summed E-state index contributed by atoms with van der Waals surface area (Å²) in [5.41, 5.74) is 0.934. The normalized spacial score (nSPS) is 13.7. The number of carbonyl (C=O) groups is 1. The molecule has 0 aromatic heterocycles. The number of rotatable bonds is 10. The predicted molar refractivity (Wildman–Crippen MR) is 105 cm³/mol. The van der Waals surface area contributed by atoms with Crippen molar-refractivity contribution >= 4 is 11.9 Å². The maximum absolute atomic E-state index is 11.6. The van der Waals surface area contributed by atoms with Crippen LogP contribution in [0.1, 0.15) is 25.3 Å². The van der Waals surface area contributed by atoms with Gasteiger partial charge in [0.15, 0.2) is 17.5 Å². The lowest BCUT2D eigenvalue weighted by molar-refractivity contribution is -0.122. The average Bonchev–Trinajstić information content (AvgIpc) is 3.53. The number of carbonyl (C=O) groups excluding carboxylic acids is 1. The Labute approximate surface area is 160 Å². The third kappa shape index (κ3) is 6.23. The number of aliphatic imine (C=N–C) groups is 1. The predicted octanol–water partition coefficient (Wildman–Crippen LogP) is 1.29. The van der Waals surface area contributed by atoms with E-state index >= 15 is 0 Å². The quantitative estimate of drug-likeness (QED) is 0.323. The topological polar surface area (TPSA) is 93.2 Å². The van der Waals surface area contributed by atoms with Crippen molar-refractivity contribution < 1.29 is 19.0 Å². The molecule has 0 saturated heterocycles. The summed E-state index contributed by atoms with van der Waals surface area (Å²) in [5.74, 6) is 2.82. The van der Waals surface area contributed by atoms with Gasteiger partial charge in [0.1, 0.15) is 0 Å². The molecule has 27 heavy (non-hydrogen) atoms. The van der Waals surface area contributed by atoms with Crippen LogP contribution in [0.5, 0.6) is 17.2 Å². The van der Waals surface area contributed by atoms with Crippen molar-refractivity contribution in [2.45, 2.75) is 26.3 Å². The highest BCUT2D eigenvalue weighted by atomic mass is 16.5. The van der Waals surface area contributed by atoms with Crippen LogP contribution in [0.15, 0.2) is 17.1 Å². The van der Waals surface area contributed by atoms with Gasteiger partial charge >= 0.3 is 0 Å². The molecule has 0 spiro atoms. The Bertz CT molecular complexity index is 634. The Morgan fingerprint density at radius 2 is 1.67 bits per heavy atom. The maximum Gasteiger partial charge on any atom is 0.223 e. The van der Waals surface area contributed by atoms with Crippen molar-refractivity contribution in [2.75, 3.05) is 41.0 Å². The standard InChI is InChI=1S/C19H30N4O4/c1-5-20-19(22-9-8-21-18(24)14-6-7-14)23-12-13-10-15(25-2)17(27-4)16(11-13)26-3/h10-11,14H,5-9,12H2,1-4H3,(H,21,24)(H2,20,22,23). The van der Waals surface area contributed by atoms with E-state index in [1.54, 1.807) is 21.3 Å². The lowest BCUT2D eigenvalue weighted by Crippen LogP contribution is -2.41. The minimum atomic E-state index is 0.149. The molecule has 0 aliphatic heterocycles. The molecular formula is C19H30N4O4. The zero-order valence-electron chi connectivity index (χ0n) is 16.6. The van der Waals surface area contributed by atoms with E-state index in [9.17, 15) is 4.79 Å². The van der Waals surface area contributed by atoms with Crippen molar-refractivity contribution in [3.63, 3.8) is 0 Å². The Balaban J connectivity index is 1.95. The summed E-state index contributed by atoms with van der Waals surface area (Å²) < 4.78 is 16.1. The van der Waals surface area contributed by atoms with Gasteiger partial charge in [-0.3, -0.25) is 4.79 Å². The van der Waals surface area contributed by atoms with Crippen LogP contribution in [0.2, 0.25) is 0 Å². The Morgan fingerprint density at radius 3 is 2.19 bits per heavy atom. The molecule has 1 fully saturated rings. The highest BCUT2D eigenvalue weighted by molar-refractivity contribution is 5.81. The summed E-state index contributed by atoms with van der Waals surface area (Å²) in [5, 5.41) is 9.34. The number of nitrogens with one attached hydrogen (secondary N) is 3. The van der Waals surface area contributed by atoms with E-state index in [1.807, 2.05) is 19.1 Å². The molecule has 1 saturated carbocycles. The molecular weight excluding hydrogens is 348 g/mol.